The zero-order chi connectivity index (χ0) is 14.8. The highest BCUT2D eigenvalue weighted by Crippen LogP contribution is 2.17. The molecule has 0 radical (unpaired) electrons. The maximum absolute atomic E-state index is 10.9. The predicted molar refractivity (Wildman–Crippen MR) is 78.4 cm³/mol. The molecule has 1 aliphatic rings. The highest BCUT2D eigenvalue weighted by atomic mass is 16.7. The maximum Gasteiger partial charge on any atom is 0.303 e. The highest BCUT2D eigenvalue weighted by Gasteiger charge is 2.25. The van der Waals surface area contributed by atoms with Crippen molar-refractivity contribution in [2.45, 2.75) is 77.8 Å². The van der Waals surface area contributed by atoms with Crippen molar-refractivity contribution < 1.29 is 19.0 Å². The van der Waals surface area contributed by atoms with E-state index in [-0.39, 0.29) is 24.5 Å². The van der Waals surface area contributed by atoms with Gasteiger partial charge in [-0.3, -0.25) is 4.79 Å². The monoisotopic (exact) mass is 284 g/mol. The first-order chi connectivity index (χ1) is 9.63. The minimum absolute atomic E-state index is 0.168. The summed E-state index contributed by atoms with van der Waals surface area (Å²) in [6.07, 6.45) is 10.4. The van der Waals surface area contributed by atoms with Gasteiger partial charge in [-0.1, -0.05) is 39.0 Å². The van der Waals surface area contributed by atoms with Gasteiger partial charge >= 0.3 is 5.97 Å². The third kappa shape index (κ3) is 7.06. The second-order valence-corrected chi connectivity index (χ2v) is 5.31. The molecule has 0 aliphatic carbocycles. The van der Waals surface area contributed by atoms with Gasteiger partial charge in [0, 0.05) is 6.92 Å². The summed E-state index contributed by atoms with van der Waals surface area (Å²) < 4.78 is 16.4. The summed E-state index contributed by atoms with van der Waals surface area (Å²) in [7, 11) is 0. The summed E-state index contributed by atoms with van der Waals surface area (Å²) in [5.74, 6) is -0.290. The Morgan fingerprint density at radius 3 is 2.50 bits per heavy atom. The van der Waals surface area contributed by atoms with E-state index in [9.17, 15) is 4.79 Å². The van der Waals surface area contributed by atoms with E-state index in [0.717, 1.165) is 6.42 Å². The molecular formula is C16H28O4. The lowest BCUT2D eigenvalue weighted by atomic mass is 10.1. The molecule has 20 heavy (non-hydrogen) atoms. The topological polar surface area (TPSA) is 44.8 Å². The third-order valence-corrected chi connectivity index (χ3v) is 3.35. The standard InChI is InChI=1S/C16H28O4/c1-4-5-6-7-8-9-12-18-16-11-10-15(13(2)19-16)20-14(3)17/h10-11,13,15-16H,4-9,12H2,1-3H3/t13-,15+,16+/m0/s1. The lowest BCUT2D eigenvalue weighted by Crippen LogP contribution is -2.36. The zero-order valence-corrected chi connectivity index (χ0v) is 13.0. The lowest BCUT2D eigenvalue weighted by Gasteiger charge is -2.29. The van der Waals surface area contributed by atoms with Gasteiger partial charge in [0.05, 0.1) is 12.7 Å². The molecule has 0 aromatic carbocycles. The molecule has 0 spiro atoms. The summed E-state index contributed by atoms with van der Waals surface area (Å²) >= 11 is 0. The quantitative estimate of drug-likeness (QED) is 0.369. The van der Waals surface area contributed by atoms with E-state index in [0.29, 0.717) is 6.61 Å². The molecule has 116 valence electrons. The van der Waals surface area contributed by atoms with E-state index in [1.165, 1.54) is 39.0 Å². The molecule has 1 rings (SSSR count). The van der Waals surface area contributed by atoms with Crippen LogP contribution in [0, 0.1) is 0 Å². The second kappa shape index (κ2) is 9.94. The minimum atomic E-state index is -0.313. The molecule has 0 fully saturated rings. The molecule has 3 atom stereocenters. The van der Waals surface area contributed by atoms with Gasteiger partial charge in [0.15, 0.2) is 6.29 Å². The van der Waals surface area contributed by atoms with Crippen molar-refractivity contribution in [2.75, 3.05) is 6.61 Å². The van der Waals surface area contributed by atoms with E-state index < -0.39 is 0 Å². The van der Waals surface area contributed by atoms with Gasteiger partial charge in [0.2, 0.25) is 0 Å². The fourth-order valence-corrected chi connectivity index (χ4v) is 2.19. The first-order valence-corrected chi connectivity index (χ1v) is 7.76. The van der Waals surface area contributed by atoms with Crippen molar-refractivity contribution in [3.63, 3.8) is 0 Å². The summed E-state index contributed by atoms with van der Waals surface area (Å²) in [5, 5.41) is 0. The predicted octanol–water partition coefficient (Wildman–Crippen LogP) is 3.60. The Kier molecular flexibility index (Phi) is 8.54. The Bertz CT molecular complexity index is 301. The van der Waals surface area contributed by atoms with Gasteiger partial charge in [0.1, 0.15) is 6.10 Å². The van der Waals surface area contributed by atoms with Crippen LogP contribution >= 0.6 is 0 Å². The molecule has 0 unspecified atom stereocenters. The molecule has 0 saturated heterocycles. The number of unbranched alkanes of at least 4 members (excludes halogenated alkanes) is 5. The van der Waals surface area contributed by atoms with Gasteiger partial charge in [0.25, 0.3) is 0 Å². The van der Waals surface area contributed by atoms with E-state index in [2.05, 4.69) is 6.92 Å². The van der Waals surface area contributed by atoms with Crippen LogP contribution in [0.15, 0.2) is 12.2 Å². The first kappa shape index (κ1) is 17.2. The summed E-state index contributed by atoms with van der Waals surface area (Å²) in [6, 6.07) is 0. The molecule has 0 amide bonds. The van der Waals surface area contributed by atoms with Gasteiger partial charge in [-0.15, -0.1) is 0 Å². The Labute approximate surface area is 122 Å². The van der Waals surface area contributed by atoms with E-state index in [1.807, 2.05) is 19.1 Å². The molecule has 1 heterocycles. The number of hydrogen-bond donors (Lipinski definition) is 0. The Balaban J connectivity index is 2.12. The number of rotatable bonds is 9. The molecule has 0 saturated carbocycles. The SMILES string of the molecule is CCCCCCCCO[C@H]1C=C[C@@H](OC(C)=O)[C@H](C)O1. The average molecular weight is 284 g/mol. The van der Waals surface area contributed by atoms with Crippen LogP contribution in [0.3, 0.4) is 0 Å². The second-order valence-electron chi connectivity index (χ2n) is 5.31. The Morgan fingerprint density at radius 2 is 1.85 bits per heavy atom. The van der Waals surface area contributed by atoms with Crippen molar-refractivity contribution in [1.29, 1.82) is 0 Å². The third-order valence-electron chi connectivity index (χ3n) is 3.35. The van der Waals surface area contributed by atoms with Crippen molar-refractivity contribution in [3.05, 3.63) is 12.2 Å². The minimum Gasteiger partial charge on any atom is -0.456 e. The van der Waals surface area contributed by atoms with Crippen LogP contribution in [0.2, 0.25) is 0 Å². The Hall–Kier alpha value is -0.870. The van der Waals surface area contributed by atoms with Crippen LogP contribution in [0.1, 0.15) is 59.3 Å². The number of hydrogen-bond acceptors (Lipinski definition) is 4. The van der Waals surface area contributed by atoms with Crippen LogP contribution < -0.4 is 0 Å². The summed E-state index contributed by atoms with van der Waals surface area (Å²) in [6.45, 7) is 6.23. The summed E-state index contributed by atoms with van der Waals surface area (Å²) in [5.41, 5.74) is 0. The van der Waals surface area contributed by atoms with Crippen molar-refractivity contribution in [2.24, 2.45) is 0 Å². The fraction of sp³-hybridized carbons (Fsp3) is 0.812. The number of ether oxygens (including phenoxy) is 3. The average Bonchev–Trinajstić information content (AvgIpc) is 2.40. The van der Waals surface area contributed by atoms with Crippen LogP contribution in [-0.2, 0) is 19.0 Å². The lowest BCUT2D eigenvalue weighted by molar-refractivity contribution is -0.181. The van der Waals surface area contributed by atoms with Crippen LogP contribution in [0.4, 0.5) is 0 Å². The fourth-order valence-electron chi connectivity index (χ4n) is 2.19. The normalized spacial score (nSPS) is 25.6. The van der Waals surface area contributed by atoms with Crippen molar-refractivity contribution >= 4 is 5.97 Å². The molecule has 0 N–H and O–H groups in total. The largest absolute Gasteiger partial charge is 0.456 e. The van der Waals surface area contributed by atoms with E-state index in [1.54, 1.807) is 0 Å². The van der Waals surface area contributed by atoms with Crippen molar-refractivity contribution in [3.8, 4) is 0 Å². The zero-order valence-electron chi connectivity index (χ0n) is 13.0. The molecular weight excluding hydrogens is 256 g/mol. The summed E-state index contributed by atoms with van der Waals surface area (Å²) in [4.78, 5) is 10.9. The van der Waals surface area contributed by atoms with E-state index in [4.69, 9.17) is 14.2 Å². The highest BCUT2D eigenvalue weighted by molar-refractivity contribution is 5.66. The number of carbonyl (C=O) groups excluding carboxylic acids is 1. The number of carbonyl (C=O) groups is 1. The van der Waals surface area contributed by atoms with Crippen molar-refractivity contribution in [1.82, 2.24) is 0 Å². The first-order valence-electron chi connectivity index (χ1n) is 7.76. The van der Waals surface area contributed by atoms with Crippen LogP contribution in [-0.4, -0.2) is 31.1 Å². The van der Waals surface area contributed by atoms with Gasteiger partial charge < -0.3 is 14.2 Å². The molecule has 0 aromatic rings. The van der Waals surface area contributed by atoms with Crippen LogP contribution in [0.25, 0.3) is 0 Å². The van der Waals surface area contributed by atoms with Gasteiger partial charge in [-0.25, -0.2) is 0 Å². The maximum atomic E-state index is 10.9. The molecule has 4 heteroatoms. The molecule has 0 aromatic heterocycles. The smallest absolute Gasteiger partial charge is 0.303 e. The Morgan fingerprint density at radius 1 is 1.15 bits per heavy atom. The van der Waals surface area contributed by atoms with Gasteiger partial charge in [-0.2, -0.15) is 0 Å². The molecule has 0 bridgehead atoms. The molecule has 1 aliphatic heterocycles. The van der Waals surface area contributed by atoms with E-state index >= 15 is 0 Å². The number of esters is 1. The molecule has 4 nitrogen and oxygen atoms in total. The van der Waals surface area contributed by atoms with Crippen LogP contribution in [0.5, 0.6) is 0 Å². The van der Waals surface area contributed by atoms with Gasteiger partial charge in [-0.05, 0) is 25.5 Å².